The minimum Gasteiger partial charge on any atom is -0.395 e. The Hall–Kier alpha value is -0.670. The van der Waals surface area contributed by atoms with Gasteiger partial charge in [-0.05, 0) is 80.6 Å². The summed E-state index contributed by atoms with van der Waals surface area (Å²) in [6, 6.07) is 0. The van der Waals surface area contributed by atoms with Gasteiger partial charge in [0.1, 0.15) is 0 Å². The number of aliphatic hydroxyl groups excluding tert-OH is 1. The molecule has 4 rings (SSSR count). The van der Waals surface area contributed by atoms with E-state index in [2.05, 4.69) is 13.8 Å². The lowest BCUT2D eigenvalue weighted by Crippen LogP contribution is -2.56. The number of aliphatic hydroxyl groups is 2. The van der Waals surface area contributed by atoms with Crippen molar-refractivity contribution in [2.45, 2.75) is 77.2 Å². The second kappa shape index (κ2) is 5.41. The summed E-state index contributed by atoms with van der Waals surface area (Å²) >= 11 is 0. The molecular weight excluding hydrogens is 300 g/mol. The van der Waals surface area contributed by atoms with Gasteiger partial charge in [-0.3, -0.25) is 4.79 Å². The maximum atomic E-state index is 11.9. The van der Waals surface area contributed by atoms with Crippen molar-refractivity contribution in [3.63, 3.8) is 0 Å². The first kappa shape index (κ1) is 16.8. The molecule has 0 spiro atoms. The molecule has 24 heavy (non-hydrogen) atoms. The second-order valence-corrected chi connectivity index (χ2v) is 9.25. The molecule has 0 aromatic rings. The van der Waals surface area contributed by atoms with Crippen molar-refractivity contribution in [2.24, 2.45) is 28.6 Å². The van der Waals surface area contributed by atoms with Gasteiger partial charge in [-0.25, -0.2) is 0 Å². The van der Waals surface area contributed by atoms with Crippen LogP contribution in [0.15, 0.2) is 11.6 Å². The third-order valence-corrected chi connectivity index (χ3v) is 8.87. The maximum Gasteiger partial charge on any atom is 0.155 e. The van der Waals surface area contributed by atoms with Crippen molar-refractivity contribution in [3.05, 3.63) is 11.6 Å². The first-order chi connectivity index (χ1) is 11.4. The highest BCUT2D eigenvalue weighted by Gasteiger charge is 2.63. The van der Waals surface area contributed by atoms with Crippen LogP contribution < -0.4 is 0 Å². The minimum absolute atomic E-state index is 0.0330. The van der Waals surface area contributed by atoms with Crippen LogP contribution in [0, 0.1) is 28.6 Å². The van der Waals surface area contributed by atoms with Crippen LogP contribution in [0.1, 0.15) is 71.6 Å². The monoisotopic (exact) mass is 332 g/mol. The summed E-state index contributed by atoms with van der Waals surface area (Å²) in [4.78, 5) is 11.9. The van der Waals surface area contributed by atoms with Crippen LogP contribution in [0.2, 0.25) is 0 Å². The Morgan fingerprint density at radius 2 is 1.88 bits per heavy atom. The molecule has 0 amide bonds. The van der Waals surface area contributed by atoms with E-state index in [1.165, 1.54) is 5.57 Å². The predicted octanol–water partition coefficient (Wildman–Crippen LogP) is 3.63. The lowest BCUT2D eigenvalue weighted by Gasteiger charge is -2.59. The summed E-state index contributed by atoms with van der Waals surface area (Å²) in [5.74, 6) is 1.91. The summed E-state index contributed by atoms with van der Waals surface area (Å²) in [6.07, 6.45) is 10.4. The smallest absolute Gasteiger partial charge is 0.155 e. The normalized spacial score (nSPS) is 50.8. The predicted molar refractivity (Wildman–Crippen MR) is 93.4 cm³/mol. The zero-order valence-electron chi connectivity index (χ0n) is 15.2. The molecule has 0 saturated heterocycles. The van der Waals surface area contributed by atoms with Gasteiger partial charge in [0.15, 0.2) is 5.78 Å². The average Bonchev–Trinajstić information content (AvgIpc) is 2.86. The first-order valence-electron chi connectivity index (χ1n) is 9.97. The van der Waals surface area contributed by atoms with E-state index in [1.807, 2.05) is 6.08 Å². The number of hydrogen-bond acceptors (Lipinski definition) is 3. The number of rotatable bonds is 2. The Bertz CT molecular complexity index is 582. The Morgan fingerprint density at radius 3 is 2.58 bits per heavy atom. The standard InChI is InChI=1S/C21H32O3/c1-3-21(24)11-8-17-16-5-4-14-12-15(23)6-10-20(14,13-22)18(16)7-9-19(17,21)2/h12,16-18,22,24H,3-11,13H2,1-2H3/t16-,17-,18+,19-,20+,21?/m0/s1. The van der Waals surface area contributed by atoms with E-state index in [4.69, 9.17) is 0 Å². The molecule has 0 aliphatic heterocycles. The summed E-state index contributed by atoms with van der Waals surface area (Å²) < 4.78 is 0. The van der Waals surface area contributed by atoms with Crippen molar-refractivity contribution in [3.8, 4) is 0 Å². The molecule has 0 aromatic carbocycles. The molecule has 2 N–H and O–H groups in total. The van der Waals surface area contributed by atoms with E-state index in [-0.39, 0.29) is 23.2 Å². The lowest BCUT2D eigenvalue weighted by molar-refractivity contribution is -0.137. The van der Waals surface area contributed by atoms with E-state index in [9.17, 15) is 15.0 Å². The number of carbonyl (C=O) groups excluding carboxylic acids is 1. The van der Waals surface area contributed by atoms with Crippen LogP contribution in [0.4, 0.5) is 0 Å². The van der Waals surface area contributed by atoms with Crippen molar-refractivity contribution < 1.29 is 15.0 Å². The molecule has 0 heterocycles. The van der Waals surface area contributed by atoms with Crippen molar-refractivity contribution in [2.75, 3.05) is 6.61 Å². The minimum atomic E-state index is -0.506. The molecule has 134 valence electrons. The van der Waals surface area contributed by atoms with Gasteiger partial charge in [0.2, 0.25) is 0 Å². The Balaban J connectivity index is 1.71. The molecule has 0 aromatic heterocycles. The number of ketones is 1. The molecule has 3 fully saturated rings. The van der Waals surface area contributed by atoms with E-state index >= 15 is 0 Å². The number of hydrogen-bond donors (Lipinski definition) is 2. The topological polar surface area (TPSA) is 57.5 Å². The Kier molecular flexibility index (Phi) is 3.78. The summed E-state index contributed by atoms with van der Waals surface area (Å²) in [5, 5.41) is 21.6. The van der Waals surface area contributed by atoms with Crippen molar-refractivity contribution >= 4 is 5.78 Å². The van der Waals surface area contributed by atoms with Gasteiger partial charge in [-0.15, -0.1) is 0 Å². The molecular formula is C21H32O3. The van der Waals surface area contributed by atoms with Gasteiger partial charge < -0.3 is 10.2 Å². The second-order valence-electron chi connectivity index (χ2n) is 9.25. The molecule has 6 atom stereocenters. The zero-order chi connectivity index (χ0) is 17.2. The molecule has 4 aliphatic carbocycles. The van der Waals surface area contributed by atoms with E-state index in [0.717, 1.165) is 51.4 Å². The maximum absolute atomic E-state index is 11.9. The third-order valence-electron chi connectivity index (χ3n) is 8.87. The average molecular weight is 332 g/mol. The highest BCUT2D eigenvalue weighted by molar-refractivity contribution is 5.91. The summed E-state index contributed by atoms with van der Waals surface area (Å²) in [6.45, 7) is 4.64. The molecule has 0 bridgehead atoms. The highest BCUT2D eigenvalue weighted by Crippen LogP contribution is 2.67. The lowest BCUT2D eigenvalue weighted by atomic mass is 9.46. The number of carbonyl (C=O) groups is 1. The fourth-order valence-electron chi connectivity index (χ4n) is 7.35. The fraction of sp³-hybridized carbons (Fsp3) is 0.857. The van der Waals surface area contributed by atoms with Gasteiger partial charge in [0, 0.05) is 11.8 Å². The quantitative estimate of drug-likeness (QED) is 0.812. The van der Waals surface area contributed by atoms with Crippen LogP contribution >= 0.6 is 0 Å². The third kappa shape index (κ3) is 1.94. The Morgan fingerprint density at radius 1 is 1.12 bits per heavy atom. The molecule has 3 nitrogen and oxygen atoms in total. The van der Waals surface area contributed by atoms with Crippen LogP contribution in [-0.4, -0.2) is 28.2 Å². The molecule has 0 radical (unpaired) electrons. The van der Waals surface area contributed by atoms with Gasteiger partial charge in [0.25, 0.3) is 0 Å². The fourth-order valence-corrected chi connectivity index (χ4v) is 7.35. The van der Waals surface area contributed by atoms with Crippen molar-refractivity contribution in [1.82, 2.24) is 0 Å². The highest BCUT2D eigenvalue weighted by atomic mass is 16.3. The van der Waals surface area contributed by atoms with E-state index < -0.39 is 5.60 Å². The van der Waals surface area contributed by atoms with Gasteiger partial charge in [-0.2, -0.15) is 0 Å². The van der Waals surface area contributed by atoms with E-state index in [0.29, 0.717) is 24.2 Å². The molecule has 3 heteroatoms. The summed E-state index contributed by atoms with van der Waals surface area (Å²) in [7, 11) is 0. The van der Waals surface area contributed by atoms with Gasteiger partial charge in [-0.1, -0.05) is 19.4 Å². The molecule has 1 unspecified atom stereocenters. The SMILES string of the molecule is CCC1(O)CC[C@H]2[C@@H]3CCC4=CC(=O)CC[C@]4(CO)[C@@H]3CC[C@@]21C. The van der Waals surface area contributed by atoms with Gasteiger partial charge >= 0.3 is 0 Å². The zero-order valence-corrected chi connectivity index (χ0v) is 15.2. The molecule has 4 aliphatic rings. The van der Waals surface area contributed by atoms with Gasteiger partial charge in [0.05, 0.1) is 12.2 Å². The van der Waals surface area contributed by atoms with Crippen LogP contribution in [0.25, 0.3) is 0 Å². The van der Waals surface area contributed by atoms with Crippen LogP contribution in [0.3, 0.4) is 0 Å². The van der Waals surface area contributed by atoms with Crippen LogP contribution in [0.5, 0.6) is 0 Å². The summed E-state index contributed by atoms with van der Waals surface area (Å²) in [5.41, 5.74) is 0.610. The Labute approximate surface area is 145 Å². The first-order valence-corrected chi connectivity index (χ1v) is 9.97. The largest absolute Gasteiger partial charge is 0.395 e. The van der Waals surface area contributed by atoms with E-state index in [1.54, 1.807) is 0 Å². The number of fused-ring (bicyclic) bond motifs is 5. The molecule has 3 saturated carbocycles. The van der Waals surface area contributed by atoms with Crippen LogP contribution in [-0.2, 0) is 4.79 Å². The van der Waals surface area contributed by atoms with Crippen molar-refractivity contribution in [1.29, 1.82) is 0 Å².